The number of likely N-dealkylation sites (N-methyl/N-ethyl adjacent to an activating group) is 1. The predicted molar refractivity (Wildman–Crippen MR) is 122 cm³/mol. The molecule has 158 valence electrons. The number of hydrogen-bond acceptors (Lipinski definition) is 3. The van der Waals surface area contributed by atoms with Crippen LogP contribution in [0, 0.1) is 6.92 Å². The van der Waals surface area contributed by atoms with Crippen LogP contribution in [-0.4, -0.2) is 43.9 Å². The number of hydrogen-bond donors (Lipinski definition) is 1. The third kappa shape index (κ3) is 13.3. The van der Waals surface area contributed by atoms with Crippen molar-refractivity contribution in [3.8, 4) is 5.75 Å². The Balaban J connectivity index is 0.000000553. The van der Waals surface area contributed by atoms with Crippen molar-refractivity contribution in [1.82, 2.24) is 4.90 Å². The van der Waals surface area contributed by atoms with Crippen molar-refractivity contribution < 1.29 is 9.84 Å². The molecule has 0 radical (unpaired) electrons. The molecule has 0 bridgehead atoms. The molecule has 1 atom stereocenters. The third-order valence-corrected chi connectivity index (χ3v) is 4.09. The number of aliphatic hydroxyl groups excluding tert-OH is 1. The van der Waals surface area contributed by atoms with E-state index in [-0.39, 0.29) is 6.10 Å². The third-order valence-electron chi connectivity index (χ3n) is 4.09. The van der Waals surface area contributed by atoms with Crippen LogP contribution in [0.25, 0.3) is 0 Å². The minimum absolute atomic E-state index is 0.199. The lowest BCUT2D eigenvalue weighted by molar-refractivity contribution is 0.154. The fourth-order valence-electron chi connectivity index (χ4n) is 2.58. The monoisotopic (exact) mass is 387 g/mol. The van der Waals surface area contributed by atoms with E-state index < -0.39 is 0 Å². The maximum Gasteiger partial charge on any atom is 0.122 e. The molecule has 28 heavy (non-hydrogen) atoms. The van der Waals surface area contributed by atoms with Gasteiger partial charge in [0.15, 0.2) is 0 Å². The molecule has 3 nitrogen and oxygen atoms in total. The van der Waals surface area contributed by atoms with Gasteiger partial charge in [0.1, 0.15) is 5.75 Å². The van der Waals surface area contributed by atoms with Crippen LogP contribution in [0.4, 0.5) is 0 Å². The number of nitrogens with zero attached hydrogens (tertiary/aromatic N) is 1. The Morgan fingerprint density at radius 1 is 0.964 bits per heavy atom. The van der Waals surface area contributed by atoms with Crippen LogP contribution in [-0.2, 0) is 12.8 Å². The smallest absolute Gasteiger partial charge is 0.122 e. The molecule has 0 heterocycles. The van der Waals surface area contributed by atoms with E-state index in [1.807, 2.05) is 31.1 Å². The van der Waals surface area contributed by atoms with E-state index in [4.69, 9.17) is 9.84 Å². The molecule has 0 saturated carbocycles. The summed E-state index contributed by atoms with van der Waals surface area (Å²) in [5.74, 6) is 0.986. The van der Waals surface area contributed by atoms with Gasteiger partial charge in [-0.2, -0.15) is 0 Å². The summed E-state index contributed by atoms with van der Waals surface area (Å²) in [5.41, 5.74) is 3.98. The van der Waals surface area contributed by atoms with Crippen molar-refractivity contribution in [2.45, 2.75) is 59.5 Å². The number of para-hydroxylation sites is 1. The number of methoxy groups -OCH3 is 1. The highest BCUT2D eigenvalue weighted by Crippen LogP contribution is 2.19. The molecule has 0 aliphatic heterocycles. The first-order chi connectivity index (χ1) is 13.3. The van der Waals surface area contributed by atoms with Gasteiger partial charge in [-0.25, -0.2) is 0 Å². The maximum absolute atomic E-state index is 8.68. The zero-order chi connectivity index (χ0) is 21.4. The number of aryl methyl sites for hydroxylation is 3. The van der Waals surface area contributed by atoms with E-state index in [1.165, 1.54) is 29.5 Å². The van der Waals surface area contributed by atoms with Gasteiger partial charge in [-0.3, -0.25) is 0 Å². The van der Waals surface area contributed by atoms with Gasteiger partial charge in [-0.1, -0.05) is 74.7 Å². The first-order valence-electron chi connectivity index (χ1n) is 10.3. The largest absolute Gasteiger partial charge is 0.496 e. The van der Waals surface area contributed by atoms with Crippen molar-refractivity contribution in [3.63, 3.8) is 0 Å². The molecule has 0 aliphatic rings. The number of unbranched alkanes of at least 4 members (excludes halogenated alkanes) is 1. The normalized spacial score (nSPS) is 11.0. The SMILES string of the molecule is CC(O)CN(C)C.CCCC.COc1ccccc1CCc1cccc(C)c1. The average Bonchev–Trinajstić information content (AvgIpc) is 2.66. The number of rotatable bonds is 7. The van der Waals surface area contributed by atoms with E-state index in [0.29, 0.717) is 0 Å². The predicted octanol–water partition coefficient (Wildman–Crippen LogP) is 5.52. The summed E-state index contributed by atoms with van der Waals surface area (Å²) in [4.78, 5) is 1.95. The van der Waals surface area contributed by atoms with Crippen LogP contribution in [0.15, 0.2) is 48.5 Å². The van der Waals surface area contributed by atoms with Gasteiger partial charge < -0.3 is 14.7 Å². The van der Waals surface area contributed by atoms with Gasteiger partial charge in [-0.15, -0.1) is 0 Å². The van der Waals surface area contributed by atoms with E-state index in [1.54, 1.807) is 14.0 Å². The number of ether oxygens (including phenoxy) is 1. The van der Waals surface area contributed by atoms with Crippen LogP contribution in [0.1, 0.15) is 50.3 Å². The second-order valence-electron chi connectivity index (χ2n) is 7.41. The lowest BCUT2D eigenvalue weighted by Gasteiger charge is -2.10. The van der Waals surface area contributed by atoms with Crippen LogP contribution >= 0.6 is 0 Å². The number of benzene rings is 2. The molecular weight excluding hydrogens is 346 g/mol. The lowest BCUT2D eigenvalue weighted by atomic mass is 10.0. The summed E-state index contributed by atoms with van der Waals surface area (Å²) in [6.45, 7) is 9.02. The molecule has 1 N–H and O–H groups in total. The molecule has 0 saturated heterocycles. The molecule has 2 aromatic carbocycles. The second kappa shape index (κ2) is 16.1. The van der Waals surface area contributed by atoms with Crippen molar-refractivity contribution in [3.05, 3.63) is 65.2 Å². The second-order valence-corrected chi connectivity index (χ2v) is 7.41. The summed E-state index contributed by atoms with van der Waals surface area (Å²) < 4.78 is 5.36. The Bertz CT molecular complexity index is 615. The topological polar surface area (TPSA) is 32.7 Å². The average molecular weight is 388 g/mol. The summed E-state index contributed by atoms with van der Waals surface area (Å²) in [7, 11) is 5.60. The van der Waals surface area contributed by atoms with Gasteiger partial charge in [0, 0.05) is 6.54 Å². The van der Waals surface area contributed by atoms with Crippen LogP contribution in [0.3, 0.4) is 0 Å². The molecule has 0 aromatic heterocycles. The Hall–Kier alpha value is -1.84. The highest BCUT2D eigenvalue weighted by Gasteiger charge is 2.02. The Kier molecular flexibility index (Phi) is 15.1. The van der Waals surface area contributed by atoms with E-state index in [2.05, 4.69) is 57.2 Å². The highest BCUT2D eigenvalue weighted by molar-refractivity contribution is 5.34. The molecule has 0 spiro atoms. The van der Waals surface area contributed by atoms with Gasteiger partial charge >= 0.3 is 0 Å². The molecule has 0 aliphatic carbocycles. The van der Waals surface area contributed by atoms with Crippen molar-refractivity contribution in [2.75, 3.05) is 27.7 Å². The number of aliphatic hydroxyl groups is 1. The minimum atomic E-state index is -0.199. The first-order valence-corrected chi connectivity index (χ1v) is 10.3. The Morgan fingerprint density at radius 3 is 2.07 bits per heavy atom. The highest BCUT2D eigenvalue weighted by atomic mass is 16.5. The lowest BCUT2D eigenvalue weighted by Crippen LogP contribution is -2.22. The van der Waals surface area contributed by atoms with Gasteiger partial charge in [-0.05, 0) is 58.0 Å². The summed E-state index contributed by atoms with van der Waals surface area (Å²) in [5, 5.41) is 8.68. The molecule has 2 aromatic rings. The van der Waals surface area contributed by atoms with Crippen molar-refractivity contribution >= 4 is 0 Å². The quantitative estimate of drug-likeness (QED) is 0.678. The summed E-state index contributed by atoms with van der Waals surface area (Å²) in [6.07, 6.45) is 4.52. The maximum atomic E-state index is 8.68. The molecule has 1 unspecified atom stereocenters. The van der Waals surface area contributed by atoms with E-state index in [9.17, 15) is 0 Å². The molecule has 2 rings (SSSR count). The molecule has 0 amide bonds. The van der Waals surface area contributed by atoms with Gasteiger partial charge in [0.05, 0.1) is 13.2 Å². The van der Waals surface area contributed by atoms with Gasteiger partial charge in [0.25, 0.3) is 0 Å². The summed E-state index contributed by atoms with van der Waals surface area (Å²) >= 11 is 0. The first kappa shape index (κ1) is 26.2. The summed E-state index contributed by atoms with van der Waals surface area (Å²) in [6, 6.07) is 16.9. The fourth-order valence-corrected chi connectivity index (χ4v) is 2.58. The van der Waals surface area contributed by atoms with Crippen molar-refractivity contribution in [1.29, 1.82) is 0 Å². The van der Waals surface area contributed by atoms with Crippen molar-refractivity contribution in [2.24, 2.45) is 0 Å². The van der Waals surface area contributed by atoms with Crippen LogP contribution < -0.4 is 4.74 Å². The Labute approximate surface area is 173 Å². The molecule has 3 heteroatoms. The zero-order valence-electron chi connectivity index (χ0n) is 19.0. The van der Waals surface area contributed by atoms with Crippen LogP contribution in [0.2, 0.25) is 0 Å². The minimum Gasteiger partial charge on any atom is -0.496 e. The van der Waals surface area contributed by atoms with Gasteiger partial charge in [0.2, 0.25) is 0 Å². The Morgan fingerprint density at radius 2 is 1.61 bits per heavy atom. The fraction of sp³-hybridized carbons (Fsp3) is 0.520. The zero-order valence-corrected chi connectivity index (χ0v) is 19.0. The van der Waals surface area contributed by atoms with E-state index >= 15 is 0 Å². The van der Waals surface area contributed by atoms with Crippen LogP contribution in [0.5, 0.6) is 5.75 Å². The standard InChI is InChI=1S/C16H18O.C5H13NO.C4H10/c1-13-6-5-7-14(12-13)10-11-15-8-3-4-9-16(15)17-2;1-5(7)4-6(2)3;1-3-4-2/h3-9,12H,10-11H2,1-2H3;5,7H,4H2,1-3H3;3-4H2,1-2H3. The molecule has 0 fully saturated rings. The molecular formula is C25H41NO2. The van der Waals surface area contributed by atoms with E-state index in [0.717, 1.165) is 25.1 Å².